The monoisotopic (exact) mass is 217 g/mol. The van der Waals surface area contributed by atoms with E-state index in [0.29, 0.717) is 10.0 Å². The Morgan fingerprint density at radius 3 is 2.69 bits per heavy atom. The Balaban J connectivity index is 2.21. The van der Waals surface area contributed by atoms with Crippen molar-refractivity contribution < 1.29 is 0 Å². The van der Waals surface area contributed by atoms with Crippen molar-refractivity contribution >= 4 is 29.0 Å². The minimum absolute atomic E-state index is 0.244. The average Bonchev–Trinajstić information content (AvgIpc) is 2.00. The summed E-state index contributed by atoms with van der Waals surface area (Å²) in [5, 5.41) is 1.14. The van der Waals surface area contributed by atoms with E-state index in [0.717, 1.165) is 18.9 Å². The van der Waals surface area contributed by atoms with E-state index >= 15 is 0 Å². The molecule has 3 nitrogen and oxygen atoms in total. The van der Waals surface area contributed by atoms with E-state index < -0.39 is 0 Å². The molecule has 0 radical (unpaired) electrons. The molecule has 2 N–H and O–H groups in total. The molecule has 1 aromatic heterocycles. The van der Waals surface area contributed by atoms with Crippen molar-refractivity contribution in [2.45, 2.75) is 6.04 Å². The van der Waals surface area contributed by atoms with Crippen LogP contribution in [0, 0.1) is 0 Å². The SMILES string of the molecule is NC1CN(c2ncc(Cl)cc2Cl)C1. The van der Waals surface area contributed by atoms with Gasteiger partial charge in [0.1, 0.15) is 5.82 Å². The number of hydrogen-bond acceptors (Lipinski definition) is 3. The van der Waals surface area contributed by atoms with E-state index in [1.807, 2.05) is 4.90 Å². The van der Waals surface area contributed by atoms with Crippen LogP contribution in [0.25, 0.3) is 0 Å². The minimum atomic E-state index is 0.244. The first-order valence-corrected chi connectivity index (χ1v) is 4.74. The second-order valence-electron chi connectivity index (χ2n) is 3.12. The maximum absolute atomic E-state index is 5.96. The Bertz CT molecular complexity index is 323. The predicted octanol–water partition coefficient (Wildman–Crippen LogP) is 1.54. The van der Waals surface area contributed by atoms with E-state index in [2.05, 4.69) is 4.98 Å². The lowest BCUT2D eigenvalue weighted by Crippen LogP contribution is -2.56. The molecule has 2 rings (SSSR count). The van der Waals surface area contributed by atoms with E-state index in [1.165, 1.54) is 0 Å². The third kappa shape index (κ3) is 1.73. The van der Waals surface area contributed by atoms with Crippen LogP contribution in [-0.4, -0.2) is 24.1 Å². The maximum Gasteiger partial charge on any atom is 0.147 e. The Hall–Kier alpha value is -0.510. The largest absolute Gasteiger partial charge is 0.352 e. The van der Waals surface area contributed by atoms with Gasteiger partial charge in [0.2, 0.25) is 0 Å². The Labute approximate surface area is 86.4 Å². The summed E-state index contributed by atoms with van der Waals surface area (Å²) in [5.41, 5.74) is 5.65. The molecule has 0 aromatic carbocycles. The molecule has 0 bridgehead atoms. The molecule has 13 heavy (non-hydrogen) atoms. The summed E-state index contributed by atoms with van der Waals surface area (Å²) in [6.45, 7) is 1.63. The first-order valence-electron chi connectivity index (χ1n) is 3.98. The third-order valence-corrected chi connectivity index (χ3v) is 2.48. The van der Waals surface area contributed by atoms with Crippen molar-refractivity contribution in [3.63, 3.8) is 0 Å². The number of nitrogens with zero attached hydrogens (tertiary/aromatic N) is 2. The van der Waals surface area contributed by atoms with Gasteiger partial charge >= 0.3 is 0 Å². The summed E-state index contributed by atoms with van der Waals surface area (Å²) < 4.78 is 0. The van der Waals surface area contributed by atoms with Crippen molar-refractivity contribution in [3.05, 3.63) is 22.3 Å². The van der Waals surface area contributed by atoms with E-state index in [4.69, 9.17) is 28.9 Å². The summed E-state index contributed by atoms with van der Waals surface area (Å²) in [5.74, 6) is 0.771. The van der Waals surface area contributed by atoms with Crippen LogP contribution in [0.3, 0.4) is 0 Å². The Morgan fingerprint density at radius 2 is 2.15 bits per heavy atom. The zero-order valence-electron chi connectivity index (χ0n) is 6.87. The van der Waals surface area contributed by atoms with Gasteiger partial charge in [0.15, 0.2) is 0 Å². The van der Waals surface area contributed by atoms with E-state index in [1.54, 1.807) is 12.3 Å². The van der Waals surface area contributed by atoms with Crippen molar-refractivity contribution in [1.29, 1.82) is 0 Å². The average molecular weight is 218 g/mol. The molecule has 0 atom stereocenters. The highest BCUT2D eigenvalue weighted by Crippen LogP contribution is 2.28. The van der Waals surface area contributed by atoms with Gasteiger partial charge in [-0.1, -0.05) is 23.2 Å². The lowest BCUT2D eigenvalue weighted by Gasteiger charge is -2.38. The van der Waals surface area contributed by atoms with Gasteiger partial charge in [-0.25, -0.2) is 4.98 Å². The number of halogens is 2. The van der Waals surface area contributed by atoms with Gasteiger partial charge in [-0.05, 0) is 6.07 Å². The topological polar surface area (TPSA) is 42.1 Å². The third-order valence-electron chi connectivity index (χ3n) is 2.00. The minimum Gasteiger partial charge on any atom is -0.352 e. The van der Waals surface area contributed by atoms with Crippen LogP contribution in [0.15, 0.2) is 12.3 Å². The Morgan fingerprint density at radius 1 is 1.46 bits per heavy atom. The second-order valence-corrected chi connectivity index (χ2v) is 3.97. The van der Waals surface area contributed by atoms with Gasteiger partial charge in [0, 0.05) is 25.3 Å². The number of hydrogen-bond donors (Lipinski definition) is 1. The van der Waals surface area contributed by atoms with Gasteiger partial charge in [0.05, 0.1) is 10.0 Å². The fourth-order valence-electron chi connectivity index (χ4n) is 1.33. The number of anilines is 1. The molecule has 1 aromatic rings. The van der Waals surface area contributed by atoms with Crippen LogP contribution in [-0.2, 0) is 0 Å². The second kappa shape index (κ2) is 3.33. The molecule has 0 amide bonds. The highest BCUT2D eigenvalue weighted by molar-refractivity contribution is 6.36. The predicted molar refractivity (Wildman–Crippen MR) is 54.4 cm³/mol. The first-order chi connectivity index (χ1) is 6.16. The molecule has 0 unspecified atom stereocenters. The summed E-state index contributed by atoms with van der Waals surface area (Å²) in [4.78, 5) is 6.17. The molecule has 0 aliphatic carbocycles. The fourth-order valence-corrected chi connectivity index (χ4v) is 1.83. The van der Waals surface area contributed by atoms with Crippen molar-refractivity contribution in [2.75, 3.05) is 18.0 Å². The van der Waals surface area contributed by atoms with Crippen molar-refractivity contribution in [1.82, 2.24) is 4.98 Å². The smallest absolute Gasteiger partial charge is 0.147 e. The molecule has 1 aliphatic heterocycles. The molecule has 2 heterocycles. The van der Waals surface area contributed by atoms with Crippen LogP contribution in [0.4, 0.5) is 5.82 Å². The maximum atomic E-state index is 5.96. The molecule has 1 aliphatic rings. The first kappa shape index (κ1) is 9.06. The van der Waals surface area contributed by atoms with Gasteiger partial charge in [-0.2, -0.15) is 0 Å². The van der Waals surface area contributed by atoms with E-state index in [9.17, 15) is 0 Å². The van der Waals surface area contributed by atoms with Gasteiger partial charge in [-0.15, -0.1) is 0 Å². The van der Waals surface area contributed by atoms with Gasteiger partial charge in [-0.3, -0.25) is 0 Å². The Kier molecular flexibility index (Phi) is 2.32. The van der Waals surface area contributed by atoms with Crippen LogP contribution in [0.5, 0.6) is 0 Å². The molecule has 1 fully saturated rings. The number of pyridine rings is 1. The van der Waals surface area contributed by atoms with Gasteiger partial charge in [0.25, 0.3) is 0 Å². The molecule has 0 spiro atoms. The quantitative estimate of drug-likeness (QED) is 0.777. The summed E-state index contributed by atoms with van der Waals surface area (Å²) >= 11 is 11.7. The lowest BCUT2D eigenvalue weighted by atomic mass is 10.1. The van der Waals surface area contributed by atoms with Crippen LogP contribution < -0.4 is 10.6 Å². The van der Waals surface area contributed by atoms with Crippen molar-refractivity contribution in [3.8, 4) is 0 Å². The summed E-state index contributed by atoms with van der Waals surface area (Å²) in [6.07, 6.45) is 1.59. The van der Waals surface area contributed by atoms with Crippen LogP contribution in [0.2, 0.25) is 10.0 Å². The lowest BCUT2D eigenvalue weighted by molar-refractivity contribution is 0.514. The number of aromatic nitrogens is 1. The van der Waals surface area contributed by atoms with E-state index in [-0.39, 0.29) is 6.04 Å². The number of nitrogens with two attached hydrogens (primary N) is 1. The fraction of sp³-hybridized carbons (Fsp3) is 0.375. The molecule has 5 heteroatoms. The van der Waals surface area contributed by atoms with Gasteiger partial charge < -0.3 is 10.6 Å². The highest BCUT2D eigenvalue weighted by atomic mass is 35.5. The zero-order valence-corrected chi connectivity index (χ0v) is 8.39. The molecular weight excluding hydrogens is 209 g/mol. The van der Waals surface area contributed by atoms with Crippen LogP contribution >= 0.6 is 23.2 Å². The highest BCUT2D eigenvalue weighted by Gasteiger charge is 2.25. The molecule has 1 saturated heterocycles. The standard InChI is InChI=1S/C8H9Cl2N3/c9-5-1-7(10)8(12-2-5)13-3-6(11)4-13/h1-2,6H,3-4,11H2. The van der Waals surface area contributed by atoms with Crippen LogP contribution in [0.1, 0.15) is 0 Å². The molecule has 0 saturated carbocycles. The summed E-state index contributed by atoms with van der Waals surface area (Å²) in [6, 6.07) is 1.93. The zero-order chi connectivity index (χ0) is 9.42. The van der Waals surface area contributed by atoms with Crippen molar-refractivity contribution in [2.24, 2.45) is 5.73 Å². The summed E-state index contributed by atoms with van der Waals surface area (Å²) in [7, 11) is 0. The normalized spacial score (nSPS) is 17.3. The number of rotatable bonds is 1. The molecular formula is C8H9Cl2N3. The molecule has 70 valence electrons.